The van der Waals surface area contributed by atoms with Crippen LogP contribution in [0.25, 0.3) is 5.65 Å². The number of aryl methyl sites for hydroxylation is 2. The van der Waals surface area contributed by atoms with Crippen molar-refractivity contribution in [3.8, 4) is 0 Å². The van der Waals surface area contributed by atoms with E-state index >= 15 is 0 Å². The first-order valence-corrected chi connectivity index (χ1v) is 8.35. The van der Waals surface area contributed by atoms with Crippen molar-refractivity contribution in [3.63, 3.8) is 0 Å². The maximum absolute atomic E-state index is 12.1. The molecule has 3 heterocycles. The number of fused-ring (bicyclic) bond motifs is 1. The van der Waals surface area contributed by atoms with Gasteiger partial charge in [0.25, 0.3) is 5.56 Å². The van der Waals surface area contributed by atoms with E-state index in [9.17, 15) is 4.79 Å². The van der Waals surface area contributed by atoms with Gasteiger partial charge < -0.3 is 5.32 Å². The normalized spacial score (nSPS) is 12.0. The smallest absolute Gasteiger partial charge is 0.258 e. The Bertz CT molecular complexity index is 891. The Labute approximate surface area is 139 Å². The molecule has 0 atom stereocenters. The lowest BCUT2D eigenvalue weighted by atomic mass is 10.1. The first-order valence-electron chi connectivity index (χ1n) is 7.54. The molecule has 1 N–H and O–H groups in total. The van der Waals surface area contributed by atoms with Crippen LogP contribution in [0.15, 0.2) is 35.3 Å². The van der Waals surface area contributed by atoms with Crippen molar-refractivity contribution in [2.24, 2.45) is 0 Å². The van der Waals surface area contributed by atoms with E-state index in [-0.39, 0.29) is 11.1 Å². The number of hydrogen-bond donors (Lipinski definition) is 1. The lowest BCUT2D eigenvalue weighted by molar-refractivity contribution is 0.396. The first kappa shape index (κ1) is 15.8. The summed E-state index contributed by atoms with van der Waals surface area (Å²) in [6.45, 7) is 8.82. The molecule has 3 aromatic rings. The molecule has 0 amide bonds. The summed E-state index contributed by atoms with van der Waals surface area (Å²) in [6, 6.07) is 7.12. The van der Waals surface area contributed by atoms with Crippen molar-refractivity contribution in [1.82, 2.24) is 19.7 Å². The molecule has 0 spiro atoms. The molecule has 0 radical (unpaired) electrons. The zero-order chi connectivity index (χ0) is 16.6. The van der Waals surface area contributed by atoms with Gasteiger partial charge in [-0.05, 0) is 39.8 Å². The largest absolute Gasteiger partial charge is 0.300 e. The maximum Gasteiger partial charge on any atom is 0.258 e. The molecule has 0 saturated carbocycles. The molecule has 0 aliphatic rings. The van der Waals surface area contributed by atoms with Crippen molar-refractivity contribution in [3.05, 3.63) is 62.1 Å². The molecular formula is C17H20N4OS. The summed E-state index contributed by atoms with van der Waals surface area (Å²) in [5, 5.41) is 4.51. The monoisotopic (exact) mass is 328 g/mol. The van der Waals surface area contributed by atoms with E-state index in [2.05, 4.69) is 36.1 Å². The zero-order valence-corrected chi connectivity index (χ0v) is 14.6. The van der Waals surface area contributed by atoms with E-state index in [1.807, 2.05) is 25.1 Å². The Balaban J connectivity index is 1.83. The molecule has 0 aliphatic heterocycles. The molecule has 0 fully saturated rings. The lowest BCUT2D eigenvalue weighted by Crippen LogP contribution is -2.36. The van der Waals surface area contributed by atoms with Crippen LogP contribution >= 0.6 is 11.3 Å². The van der Waals surface area contributed by atoms with Crippen LogP contribution in [-0.4, -0.2) is 14.4 Å². The van der Waals surface area contributed by atoms with Crippen LogP contribution in [0.4, 0.5) is 0 Å². The van der Waals surface area contributed by atoms with Crippen molar-refractivity contribution in [2.45, 2.75) is 39.8 Å². The van der Waals surface area contributed by atoms with E-state index in [0.29, 0.717) is 12.2 Å². The Hall–Kier alpha value is -2.05. The van der Waals surface area contributed by atoms with Gasteiger partial charge in [-0.15, -0.1) is 11.3 Å². The number of thiazole rings is 1. The molecule has 5 nitrogen and oxygen atoms in total. The van der Waals surface area contributed by atoms with Crippen LogP contribution in [0.3, 0.4) is 0 Å². The van der Waals surface area contributed by atoms with E-state index < -0.39 is 0 Å². The topological polar surface area (TPSA) is 59.3 Å². The molecule has 23 heavy (non-hydrogen) atoms. The van der Waals surface area contributed by atoms with Gasteiger partial charge in [0.05, 0.1) is 16.9 Å². The van der Waals surface area contributed by atoms with Gasteiger partial charge in [-0.1, -0.05) is 6.07 Å². The van der Waals surface area contributed by atoms with Gasteiger partial charge in [0.1, 0.15) is 10.7 Å². The molecule has 120 valence electrons. The number of nitrogens with one attached hydrogen (secondary N) is 1. The van der Waals surface area contributed by atoms with Crippen molar-refractivity contribution in [2.75, 3.05) is 0 Å². The minimum Gasteiger partial charge on any atom is -0.300 e. The van der Waals surface area contributed by atoms with Crippen LogP contribution < -0.4 is 10.9 Å². The van der Waals surface area contributed by atoms with Gasteiger partial charge in [-0.2, -0.15) is 0 Å². The van der Waals surface area contributed by atoms with Gasteiger partial charge >= 0.3 is 0 Å². The fourth-order valence-electron chi connectivity index (χ4n) is 2.32. The Morgan fingerprint density at radius 1 is 1.26 bits per heavy atom. The SMILES string of the molecule is Cc1nc(C(C)(C)NCc2cc(=O)n3ccccc3n2)sc1C. The number of pyridine rings is 1. The molecule has 0 aromatic carbocycles. The predicted octanol–water partition coefficient (Wildman–Crippen LogP) is 2.79. The number of rotatable bonds is 4. The second-order valence-electron chi connectivity index (χ2n) is 6.15. The van der Waals surface area contributed by atoms with Crippen LogP contribution in [0.2, 0.25) is 0 Å². The Morgan fingerprint density at radius 3 is 2.74 bits per heavy atom. The summed E-state index contributed by atoms with van der Waals surface area (Å²) in [7, 11) is 0. The van der Waals surface area contributed by atoms with Crippen molar-refractivity contribution >= 4 is 17.0 Å². The molecule has 3 rings (SSSR count). The average Bonchev–Trinajstić information content (AvgIpc) is 2.86. The highest BCUT2D eigenvalue weighted by Crippen LogP contribution is 2.27. The maximum atomic E-state index is 12.1. The molecule has 6 heteroatoms. The predicted molar refractivity (Wildman–Crippen MR) is 92.9 cm³/mol. The van der Waals surface area contributed by atoms with Gasteiger partial charge in [-0.3, -0.25) is 9.20 Å². The fraction of sp³-hybridized carbons (Fsp3) is 0.353. The highest BCUT2D eigenvalue weighted by molar-refractivity contribution is 7.11. The third-order valence-electron chi connectivity index (χ3n) is 3.90. The van der Waals surface area contributed by atoms with E-state index in [1.165, 1.54) is 4.88 Å². The van der Waals surface area contributed by atoms with Gasteiger partial charge in [0.15, 0.2) is 0 Å². The standard InChI is InChI=1S/C17H20N4OS/c1-11-12(2)23-16(19-11)17(3,4)18-10-13-9-15(22)21-8-6-5-7-14(21)20-13/h5-9,18H,10H2,1-4H3. The second kappa shape index (κ2) is 5.86. The van der Waals surface area contributed by atoms with Crippen LogP contribution in [0, 0.1) is 13.8 Å². The molecular weight excluding hydrogens is 308 g/mol. The quantitative estimate of drug-likeness (QED) is 0.800. The third-order valence-corrected chi connectivity index (χ3v) is 5.30. The molecule has 0 saturated heterocycles. The molecule has 0 bridgehead atoms. The highest BCUT2D eigenvalue weighted by atomic mass is 32.1. The number of aromatic nitrogens is 3. The summed E-state index contributed by atoms with van der Waals surface area (Å²) in [5.41, 5.74) is 2.13. The summed E-state index contributed by atoms with van der Waals surface area (Å²) in [5.74, 6) is 0. The van der Waals surface area contributed by atoms with Gasteiger partial charge in [-0.25, -0.2) is 9.97 Å². The second-order valence-corrected chi connectivity index (χ2v) is 7.36. The molecule has 3 aromatic heterocycles. The van der Waals surface area contributed by atoms with E-state index in [4.69, 9.17) is 0 Å². The van der Waals surface area contributed by atoms with Gasteiger partial charge in [0, 0.05) is 23.7 Å². The zero-order valence-electron chi connectivity index (χ0n) is 13.8. The fourth-order valence-corrected chi connectivity index (χ4v) is 3.31. The van der Waals surface area contributed by atoms with E-state index in [0.717, 1.165) is 16.4 Å². The minimum atomic E-state index is -0.271. The third kappa shape index (κ3) is 3.18. The molecule has 0 unspecified atom stereocenters. The van der Waals surface area contributed by atoms with Crippen LogP contribution in [0.1, 0.15) is 35.1 Å². The van der Waals surface area contributed by atoms with Crippen LogP contribution in [-0.2, 0) is 12.1 Å². The van der Waals surface area contributed by atoms with E-state index in [1.54, 1.807) is 28.0 Å². The minimum absolute atomic E-state index is 0.0638. The van der Waals surface area contributed by atoms with Crippen molar-refractivity contribution < 1.29 is 0 Å². The number of hydrogen-bond acceptors (Lipinski definition) is 5. The van der Waals surface area contributed by atoms with Crippen LogP contribution in [0.5, 0.6) is 0 Å². The summed E-state index contributed by atoms with van der Waals surface area (Å²) >= 11 is 1.70. The Morgan fingerprint density at radius 2 is 2.04 bits per heavy atom. The summed E-state index contributed by atoms with van der Waals surface area (Å²) in [6.07, 6.45) is 1.73. The number of nitrogens with zero attached hydrogens (tertiary/aromatic N) is 3. The lowest BCUT2D eigenvalue weighted by Gasteiger charge is -2.23. The highest BCUT2D eigenvalue weighted by Gasteiger charge is 2.24. The average molecular weight is 328 g/mol. The van der Waals surface area contributed by atoms with Crippen molar-refractivity contribution in [1.29, 1.82) is 0 Å². The summed E-state index contributed by atoms with van der Waals surface area (Å²) < 4.78 is 1.54. The Kier molecular flexibility index (Phi) is 4.04. The summed E-state index contributed by atoms with van der Waals surface area (Å²) in [4.78, 5) is 22.5. The molecule has 0 aliphatic carbocycles. The first-order chi connectivity index (χ1) is 10.9. The van der Waals surface area contributed by atoms with Gasteiger partial charge in [0.2, 0.25) is 0 Å².